The van der Waals surface area contributed by atoms with Gasteiger partial charge in [0.2, 0.25) is 0 Å². The third kappa shape index (κ3) is 3.10. The van der Waals surface area contributed by atoms with Gasteiger partial charge >= 0.3 is 0 Å². The molecule has 0 bridgehead atoms. The Kier molecular flexibility index (Phi) is 4.37. The van der Waals surface area contributed by atoms with Crippen LogP contribution in [0.4, 0.5) is 0 Å². The molecule has 0 amide bonds. The molecule has 96 valence electrons. The van der Waals surface area contributed by atoms with Gasteiger partial charge in [-0.05, 0) is 30.7 Å². The van der Waals surface area contributed by atoms with Gasteiger partial charge in [0.15, 0.2) is 0 Å². The summed E-state index contributed by atoms with van der Waals surface area (Å²) in [6, 6.07) is 5.75. The van der Waals surface area contributed by atoms with Gasteiger partial charge in [0.05, 0.1) is 12.1 Å². The van der Waals surface area contributed by atoms with Crippen molar-refractivity contribution in [2.45, 2.75) is 19.4 Å². The van der Waals surface area contributed by atoms with Crippen molar-refractivity contribution in [3.8, 4) is 5.75 Å². The highest BCUT2D eigenvalue weighted by Crippen LogP contribution is 2.29. The van der Waals surface area contributed by atoms with Crippen LogP contribution in [0.1, 0.15) is 22.3 Å². The number of rotatable bonds is 4. The van der Waals surface area contributed by atoms with Crippen molar-refractivity contribution in [1.29, 1.82) is 0 Å². The lowest BCUT2D eigenvalue weighted by molar-refractivity contribution is 0.413. The van der Waals surface area contributed by atoms with Gasteiger partial charge in [0.1, 0.15) is 5.75 Å². The standard InChI is InChI=1S/C13H15BrN2OS/c1-8-7-18-13(16-8)6-12(15)10-5-9(17-2)3-4-11(10)14/h3-5,7,12H,6,15H2,1-2H3. The lowest BCUT2D eigenvalue weighted by atomic mass is 10.0. The Morgan fingerprint density at radius 1 is 1.50 bits per heavy atom. The molecule has 0 fully saturated rings. The number of hydrogen-bond donors (Lipinski definition) is 1. The fourth-order valence-corrected chi connectivity index (χ4v) is 3.10. The average molecular weight is 327 g/mol. The molecule has 0 aliphatic rings. The smallest absolute Gasteiger partial charge is 0.119 e. The van der Waals surface area contributed by atoms with Gasteiger partial charge in [-0.25, -0.2) is 4.98 Å². The number of aromatic nitrogens is 1. The van der Waals surface area contributed by atoms with Gasteiger partial charge in [-0.2, -0.15) is 0 Å². The Labute approximate surface area is 119 Å². The third-order valence-corrected chi connectivity index (χ3v) is 4.37. The first-order valence-corrected chi connectivity index (χ1v) is 7.27. The molecule has 0 saturated heterocycles. The number of ether oxygens (including phenoxy) is 1. The van der Waals surface area contributed by atoms with Crippen LogP contribution in [0, 0.1) is 6.92 Å². The van der Waals surface area contributed by atoms with Gasteiger partial charge in [-0.15, -0.1) is 11.3 Å². The molecule has 1 atom stereocenters. The molecule has 1 heterocycles. The average Bonchev–Trinajstić information content (AvgIpc) is 2.75. The second-order valence-electron chi connectivity index (χ2n) is 4.08. The molecule has 0 radical (unpaired) electrons. The quantitative estimate of drug-likeness (QED) is 0.935. The summed E-state index contributed by atoms with van der Waals surface area (Å²) in [5.74, 6) is 0.818. The van der Waals surface area contributed by atoms with Crippen LogP contribution in [0.2, 0.25) is 0 Å². The second kappa shape index (κ2) is 5.82. The minimum absolute atomic E-state index is 0.0833. The first-order chi connectivity index (χ1) is 8.60. The molecule has 18 heavy (non-hydrogen) atoms. The zero-order valence-corrected chi connectivity index (χ0v) is 12.7. The molecular weight excluding hydrogens is 312 g/mol. The maximum atomic E-state index is 6.24. The minimum atomic E-state index is -0.0833. The fourth-order valence-electron chi connectivity index (χ4n) is 1.73. The van der Waals surface area contributed by atoms with Crippen molar-refractivity contribution in [3.05, 3.63) is 44.3 Å². The molecule has 2 rings (SSSR count). The van der Waals surface area contributed by atoms with Crippen molar-refractivity contribution in [2.24, 2.45) is 5.73 Å². The maximum Gasteiger partial charge on any atom is 0.119 e. The summed E-state index contributed by atoms with van der Waals surface area (Å²) < 4.78 is 6.23. The van der Waals surface area contributed by atoms with E-state index in [0.717, 1.165) is 32.9 Å². The van der Waals surface area contributed by atoms with E-state index in [2.05, 4.69) is 20.9 Å². The summed E-state index contributed by atoms with van der Waals surface area (Å²) in [5.41, 5.74) is 8.33. The van der Waals surface area contributed by atoms with E-state index in [1.54, 1.807) is 18.4 Å². The van der Waals surface area contributed by atoms with E-state index in [1.165, 1.54) is 0 Å². The first kappa shape index (κ1) is 13.5. The number of nitrogens with zero attached hydrogens (tertiary/aromatic N) is 1. The lowest BCUT2D eigenvalue weighted by Gasteiger charge is -2.13. The van der Waals surface area contributed by atoms with E-state index in [1.807, 2.05) is 30.5 Å². The van der Waals surface area contributed by atoms with Crippen LogP contribution in [-0.2, 0) is 6.42 Å². The van der Waals surface area contributed by atoms with Gasteiger partial charge < -0.3 is 10.5 Å². The van der Waals surface area contributed by atoms with Crippen LogP contribution in [-0.4, -0.2) is 12.1 Å². The zero-order chi connectivity index (χ0) is 13.1. The van der Waals surface area contributed by atoms with Crippen molar-refractivity contribution in [2.75, 3.05) is 7.11 Å². The largest absolute Gasteiger partial charge is 0.497 e. The summed E-state index contributed by atoms with van der Waals surface area (Å²) in [6.45, 7) is 1.99. The van der Waals surface area contributed by atoms with Crippen molar-refractivity contribution in [1.82, 2.24) is 4.98 Å². The Morgan fingerprint density at radius 3 is 2.89 bits per heavy atom. The third-order valence-electron chi connectivity index (χ3n) is 2.66. The van der Waals surface area contributed by atoms with Crippen LogP contribution in [0.25, 0.3) is 0 Å². The van der Waals surface area contributed by atoms with Crippen LogP contribution >= 0.6 is 27.3 Å². The summed E-state index contributed by atoms with van der Waals surface area (Å²) >= 11 is 5.18. The predicted molar refractivity (Wildman–Crippen MR) is 78.2 cm³/mol. The Morgan fingerprint density at radius 2 is 2.28 bits per heavy atom. The number of hydrogen-bond acceptors (Lipinski definition) is 4. The van der Waals surface area contributed by atoms with E-state index in [4.69, 9.17) is 10.5 Å². The van der Waals surface area contributed by atoms with Crippen LogP contribution in [0.3, 0.4) is 0 Å². The van der Waals surface area contributed by atoms with Gasteiger partial charge in [0, 0.05) is 28.0 Å². The summed E-state index contributed by atoms with van der Waals surface area (Å²) in [5, 5.41) is 3.11. The fraction of sp³-hybridized carbons (Fsp3) is 0.308. The molecule has 0 spiro atoms. The molecule has 1 aromatic carbocycles. The molecule has 2 aromatic rings. The molecule has 0 aliphatic carbocycles. The Bertz CT molecular complexity index is 542. The second-order valence-corrected chi connectivity index (χ2v) is 5.88. The van der Waals surface area contributed by atoms with Gasteiger partial charge in [-0.1, -0.05) is 15.9 Å². The number of thiazole rings is 1. The number of nitrogens with two attached hydrogens (primary N) is 1. The van der Waals surface area contributed by atoms with Crippen molar-refractivity contribution in [3.63, 3.8) is 0 Å². The summed E-state index contributed by atoms with van der Waals surface area (Å²) in [4.78, 5) is 4.44. The van der Waals surface area contributed by atoms with E-state index in [0.29, 0.717) is 0 Å². The van der Waals surface area contributed by atoms with Gasteiger partial charge in [0.25, 0.3) is 0 Å². The predicted octanol–water partition coefficient (Wildman–Crippen LogP) is 3.47. The topological polar surface area (TPSA) is 48.1 Å². The maximum absolute atomic E-state index is 6.24. The highest BCUT2D eigenvalue weighted by atomic mass is 79.9. The van der Waals surface area contributed by atoms with Crippen LogP contribution in [0.5, 0.6) is 5.75 Å². The molecule has 0 aliphatic heterocycles. The summed E-state index contributed by atoms with van der Waals surface area (Å²) in [6.07, 6.45) is 0.740. The van der Waals surface area contributed by atoms with Crippen LogP contribution < -0.4 is 10.5 Å². The number of benzene rings is 1. The van der Waals surface area contributed by atoms with E-state index < -0.39 is 0 Å². The zero-order valence-electron chi connectivity index (χ0n) is 10.3. The molecule has 0 saturated carbocycles. The van der Waals surface area contributed by atoms with Crippen molar-refractivity contribution >= 4 is 27.3 Å². The SMILES string of the molecule is COc1ccc(Br)c(C(N)Cc2nc(C)cs2)c1. The summed E-state index contributed by atoms with van der Waals surface area (Å²) in [7, 11) is 1.66. The van der Waals surface area contributed by atoms with E-state index in [-0.39, 0.29) is 6.04 Å². The first-order valence-electron chi connectivity index (χ1n) is 5.60. The molecule has 3 nitrogen and oxygen atoms in total. The van der Waals surface area contributed by atoms with E-state index in [9.17, 15) is 0 Å². The normalized spacial score (nSPS) is 12.4. The molecule has 1 aromatic heterocycles. The Balaban J connectivity index is 2.20. The number of halogens is 1. The molecule has 5 heteroatoms. The van der Waals surface area contributed by atoms with Gasteiger partial charge in [-0.3, -0.25) is 0 Å². The Hall–Kier alpha value is -0.910. The molecule has 2 N–H and O–H groups in total. The van der Waals surface area contributed by atoms with Crippen molar-refractivity contribution < 1.29 is 4.74 Å². The minimum Gasteiger partial charge on any atom is -0.497 e. The number of methoxy groups -OCH3 is 1. The number of aryl methyl sites for hydroxylation is 1. The molecular formula is C13H15BrN2OS. The highest BCUT2D eigenvalue weighted by Gasteiger charge is 2.13. The molecule has 1 unspecified atom stereocenters. The lowest BCUT2D eigenvalue weighted by Crippen LogP contribution is -2.14. The van der Waals surface area contributed by atoms with E-state index >= 15 is 0 Å². The highest BCUT2D eigenvalue weighted by molar-refractivity contribution is 9.10. The van der Waals surface area contributed by atoms with Crippen LogP contribution in [0.15, 0.2) is 28.1 Å². The monoisotopic (exact) mass is 326 g/mol.